The van der Waals surface area contributed by atoms with Crippen molar-refractivity contribution >= 4 is 33.2 Å². The number of aromatic nitrogens is 2. The number of benzene rings is 2. The standard InChI is InChI=1S/C18H13BrN4O4/c19-13-4-6-14(7-5-13)20-17(24)11-22-18(25)9-8-16(21-22)12-2-1-3-15(10-12)23(26)27/h1-10H,11H2,(H,20,24). The maximum atomic E-state index is 12.2. The summed E-state index contributed by atoms with van der Waals surface area (Å²) in [5, 5.41) is 17.8. The Kier molecular flexibility index (Phi) is 5.41. The third kappa shape index (κ3) is 4.64. The molecule has 0 spiro atoms. The number of rotatable bonds is 5. The Morgan fingerprint density at radius 3 is 2.59 bits per heavy atom. The number of nitrogens with zero attached hydrogens (tertiary/aromatic N) is 3. The number of hydrogen-bond donors (Lipinski definition) is 1. The fourth-order valence-corrected chi connectivity index (χ4v) is 2.63. The lowest BCUT2D eigenvalue weighted by Crippen LogP contribution is -2.29. The molecular weight excluding hydrogens is 416 g/mol. The summed E-state index contributed by atoms with van der Waals surface area (Å²) >= 11 is 3.31. The maximum absolute atomic E-state index is 12.2. The summed E-state index contributed by atoms with van der Waals surface area (Å²) in [5.41, 5.74) is 0.891. The molecule has 3 rings (SSSR count). The summed E-state index contributed by atoms with van der Waals surface area (Å²) in [5.74, 6) is -0.414. The third-order valence-corrected chi connectivity index (χ3v) is 4.17. The first kappa shape index (κ1) is 18.5. The van der Waals surface area contributed by atoms with Crippen molar-refractivity contribution in [3.05, 3.63) is 85.6 Å². The number of amides is 1. The van der Waals surface area contributed by atoms with Gasteiger partial charge in [-0.1, -0.05) is 28.1 Å². The van der Waals surface area contributed by atoms with Gasteiger partial charge < -0.3 is 5.32 Å². The first-order chi connectivity index (χ1) is 12.9. The molecule has 8 nitrogen and oxygen atoms in total. The number of nitro groups is 1. The van der Waals surface area contributed by atoms with Gasteiger partial charge in [-0.25, -0.2) is 4.68 Å². The van der Waals surface area contributed by atoms with Gasteiger partial charge in [-0.2, -0.15) is 5.10 Å². The van der Waals surface area contributed by atoms with E-state index in [-0.39, 0.29) is 12.2 Å². The molecule has 0 bridgehead atoms. The highest BCUT2D eigenvalue weighted by atomic mass is 79.9. The molecule has 9 heteroatoms. The molecule has 0 atom stereocenters. The topological polar surface area (TPSA) is 107 Å². The molecule has 27 heavy (non-hydrogen) atoms. The van der Waals surface area contributed by atoms with E-state index in [0.29, 0.717) is 16.9 Å². The fourth-order valence-electron chi connectivity index (χ4n) is 2.36. The zero-order chi connectivity index (χ0) is 19.4. The van der Waals surface area contributed by atoms with Gasteiger partial charge in [-0.3, -0.25) is 19.7 Å². The predicted octanol–water partition coefficient (Wildman–Crippen LogP) is 3.22. The number of non-ortho nitro benzene ring substituents is 1. The molecule has 0 aliphatic carbocycles. The van der Waals surface area contributed by atoms with Gasteiger partial charge in [0, 0.05) is 33.9 Å². The fraction of sp³-hybridized carbons (Fsp3) is 0.0556. The average molecular weight is 429 g/mol. The Morgan fingerprint density at radius 2 is 1.89 bits per heavy atom. The van der Waals surface area contributed by atoms with Crippen LogP contribution in [0.5, 0.6) is 0 Å². The molecule has 0 unspecified atom stereocenters. The van der Waals surface area contributed by atoms with E-state index in [9.17, 15) is 19.7 Å². The quantitative estimate of drug-likeness (QED) is 0.495. The predicted molar refractivity (Wildman–Crippen MR) is 103 cm³/mol. The number of nitrogens with one attached hydrogen (secondary N) is 1. The molecule has 0 fully saturated rings. The smallest absolute Gasteiger partial charge is 0.270 e. The lowest BCUT2D eigenvalue weighted by atomic mass is 10.1. The van der Waals surface area contributed by atoms with E-state index in [1.54, 1.807) is 30.3 Å². The summed E-state index contributed by atoms with van der Waals surface area (Å²) in [7, 11) is 0. The van der Waals surface area contributed by atoms with Crippen LogP contribution >= 0.6 is 15.9 Å². The van der Waals surface area contributed by atoms with Crippen LogP contribution in [-0.2, 0) is 11.3 Å². The zero-order valence-electron chi connectivity index (χ0n) is 13.8. The van der Waals surface area contributed by atoms with E-state index in [1.807, 2.05) is 0 Å². The number of anilines is 1. The first-order valence-electron chi connectivity index (χ1n) is 7.81. The normalized spacial score (nSPS) is 10.4. The molecule has 0 aliphatic heterocycles. The molecule has 0 saturated heterocycles. The van der Waals surface area contributed by atoms with E-state index in [4.69, 9.17) is 0 Å². The van der Waals surface area contributed by atoms with Crippen molar-refractivity contribution in [3.8, 4) is 11.3 Å². The lowest BCUT2D eigenvalue weighted by molar-refractivity contribution is -0.384. The molecule has 136 valence electrons. The zero-order valence-corrected chi connectivity index (χ0v) is 15.4. The van der Waals surface area contributed by atoms with Gasteiger partial charge in [0.2, 0.25) is 5.91 Å². The SMILES string of the molecule is O=C(Cn1nc(-c2cccc([N+](=O)[O-])c2)ccc1=O)Nc1ccc(Br)cc1. The van der Waals surface area contributed by atoms with E-state index in [2.05, 4.69) is 26.3 Å². The number of halogens is 1. The Morgan fingerprint density at radius 1 is 1.15 bits per heavy atom. The second kappa shape index (κ2) is 7.92. The maximum Gasteiger partial charge on any atom is 0.270 e. The second-order valence-electron chi connectivity index (χ2n) is 5.58. The van der Waals surface area contributed by atoms with Gasteiger partial charge in [0.25, 0.3) is 11.2 Å². The van der Waals surface area contributed by atoms with Crippen LogP contribution in [0.1, 0.15) is 0 Å². The highest BCUT2D eigenvalue weighted by Gasteiger charge is 2.11. The summed E-state index contributed by atoms with van der Waals surface area (Å²) in [6, 6.07) is 15.6. The van der Waals surface area contributed by atoms with Crippen molar-refractivity contribution in [1.82, 2.24) is 9.78 Å². The van der Waals surface area contributed by atoms with Crippen LogP contribution in [-0.4, -0.2) is 20.6 Å². The number of carbonyl (C=O) groups excluding carboxylic acids is 1. The second-order valence-corrected chi connectivity index (χ2v) is 6.49. The Balaban J connectivity index is 1.82. The number of carbonyl (C=O) groups is 1. The Hall–Kier alpha value is -3.33. The first-order valence-corrected chi connectivity index (χ1v) is 8.60. The van der Waals surface area contributed by atoms with Gasteiger partial charge in [-0.05, 0) is 30.3 Å². The molecular formula is C18H13BrN4O4. The highest BCUT2D eigenvalue weighted by molar-refractivity contribution is 9.10. The minimum absolute atomic E-state index is 0.0833. The minimum Gasteiger partial charge on any atom is -0.324 e. The van der Waals surface area contributed by atoms with E-state index >= 15 is 0 Å². The third-order valence-electron chi connectivity index (χ3n) is 3.64. The van der Waals surface area contributed by atoms with Crippen molar-refractivity contribution in [3.63, 3.8) is 0 Å². The molecule has 0 radical (unpaired) electrons. The summed E-state index contributed by atoms with van der Waals surface area (Å²) in [6.45, 7) is -0.280. The van der Waals surface area contributed by atoms with Crippen LogP contribution in [0.4, 0.5) is 11.4 Å². The van der Waals surface area contributed by atoms with Crippen LogP contribution in [0, 0.1) is 10.1 Å². The molecule has 1 aromatic heterocycles. The van der Waals surface area contributed by atoms with Gasteiger partial charge in [0.1, 0.15) is 6.54 Å². The van der Waals surface area contributed by atoms with Crippen LogP contribution in [0.15, 0.2) is 69.9 Å². The van der Waals surface area contributed by atoms with Crippen LogP contribution in [0.3, 0.4) is 0 Å². The lowest BCUT2D eigenvalue weighted by Gasteiger charge is -2.08. The Labute approximate surface area is 161 Å². The molecule has 0 aliphatic rings. The molecule has 0 saturated carbocycles. The highest BCUT2D eigenvalue weighted by Crippen LogP contribution is 2.21. The van der Waals surface area contributed by atoms with Crippen LogP contribution < -0.4 is 10.9 Å². The van der Waals surface area contributed by atoms with Crippen molar-refractivity contribution in [2.45, 2.75) is 6.54 Å². The molecule has 3 aromatic rings. The van der Waals surface area contributed by atoms with Crippen molar-refractivity contribution < 1.29 is 9.72 Å². The Bertz CT molecular complexity index is 1060. The summed E-state index contributed by atoms with van der Waals surface area (Å²) in [6.07, 6.45) is 0. The van der Waals surface area contributed by atoms with E-state index in [0.717, 1.165) is 9.15 Å². The van der Waals surface area contributed by atoms with Gasteiger partial charge in [0.05, 0.1) is 10.6 Å². The summed E-state index contributed by atoms with van der Waals surface area (Å²) in [4.78, 5) is 34.6. The van der Waals surface area contributed by atoms with Crippen molar-refractivity contribution in [1.29, 1.82) is 0 Å². The number of hydrogen-bond acceptors (Lipinski definition) is 5. The number of nitro benzene ring substituents is 1. The van der Waals surface area contributed by atoms with Gasteiger partial charge in [-0.15, -0.1) is 0 Å². The monoisotopic (exact) mass is 428 g/mol. The summed E-state index contributed by atoms with van der Waals surface area (Å²) < 4.78 is 1.89. The largest absolute Gasteiger partial charge is 0.324 e. The average Bonchev–Trinajstić information content (AvgIpc) is 2.65. The molecule has 1 amide bonds. The van der Waals surface area contributed by atoms with Gasteiger partial charge >= 0.3 is 0 Å². The van der Waals surface area contributed by atoms with Gasteiger partial charge in [0.15, 0.2) is 0 Å². The van der Waals surface area contributed by atoms with E-state index in [1.165, 1.54) is 30.3 Å². The van der Waals surface area contributed by atoms with Crippen LogP contribution in [0.2, 0.25) is 0 Å². The molecule has 1 N–H and O–H groups in total. The van der Waals surface area contributed by atoms with Crippen molar-refractivity contribution in [2.24, 2.45) is 0 Å². The van der Waals surface area contributed by atoms with E-state index < -0.39 is 16.4 Å². The molecule has 1 heterocycles. The van der Waals surface area contributed by atoms with Crippen molar-refractivity contribution in [2.75, 3.05) is 5.32 Å². The minimum atomic E-state index is -0.509. The molecule has 2 aromatic carbocycles. The van der Waals surface area contributed by atoms with Crippen LogP contribution in [0.25, 0.3) is 11.3 Å².